The van der Waals surface area contributed by atoms with Crippen molar-refractivity contribution >= 4 is 22.8 Å². The van der Waals surface area contributed by atoms with Gasteiger partial charge in [0.15, 0.2) is 22.9 Å². The molecule has 0 amide bonds. The Bertz CT molecular complexity index is 1450. The molecule has 1 aliphatic heterocycles. The maximum absolute atomic E-state index is 7.11. The van der Waals surface area contributed by atoms with E-state index in [4.69, 9.17) is 32.8 Å². The average molecular weight is 706 g/mol. The second-order valence-electron chi connectivity index (χ2n) is 16.1. The zero-order chi connectivity index (χ0) is 35.9. The number of aliphatic imine (C=N–C) groups is 1. The lowest BCUT2D eigenvalue weighted by Gasteiger charge is -2.49. The normalized spacial score (nSPS) is 22.4. The Hall–Kier alpha value is -2.64. The summed E-state index contributed by atoms with van der Waals surface area (Å²) in [6.45, 7) is 23.7. The quantitative estimate of drug-likeness (QED) is 0.123. The minimum absolute atomic E-state index is 0.0352. The van der Waals surface area contributed by atoms with Crippen molar-refractivity contribution in [1.29, 1.82) is 0 Å². The van der Waals surface area contributed by atoms with Crippen LogP contribution in [0.1, 0.15) is 58.2 Å². The van der Waals surface area contributed by atoms with Crippen LogP contribution in [-0.4, -0.2) is 67.2 Å². The van der Waals surface area contributed by atoms with Gasteiger partial charge in [0, 0.05) is 6.21 Å². The van der Waals surface area contributed by atoms with Crippen LogP contribution in [0, 0.1) is 0 Å². The van der Waals surface area contributed by atoms with E-state index >= 15 is 0 Å². The molecule has 0 aliphatic carbocycles. The summed E-state index contributed by atoms with van der Waals surface area (Å²) in [4.78, 5) is 5.21. The highest BCUT2D eigenvalue weighted by molar-refractivity contribution is 6.74. The lowest BCUT2D eigenvalue weighted by atomic mass is 9.96. The molecule has 268 valence electrons. The van der Waals surface area contributed by atoms with Crippen LogP contribution in [0.5, 0.6) is 5.75 Å². The molecule has 1 heterocycles. The topological polar surface area (TPSA) is 67.7 Å². The van der Waals surface area contributed by atoms with E-state index in [0.29, 0.717) is 19.8 Å². The number of benzene rings is 3. The van der Waals surface area contributed by atoms with Crippen LogP contribution in [0.4, 0.5) is 0 Å². The summed E-state index contributed by atoms with van der Waals surface area (Å²) in [7, 11) is -2.79. The first kappa shape index (κ1) is 39.2. The van der Waals surface area contributed by atoms with Crippen molar-refractivity contribution in [1.82, 2.24) is 0 Å². The SMILES string of the molecule is COc1ccc(C=N[C@H]2C(O[Si](C)(C)C(C)(C)C)O[C@H](CO[Si](C)(C)C(C)(C)C)[C@H](OCc3ccccc3)[C@@H]2OCc2ccccc2)cc1. The fourth-order valence-corrected chi connectivity index (χ4v) is 7.19. The van der Waals surface area contributed by atoms with Crippen molar-refractivity contribution in [3.05, 3.63) is 102 Å². The van der Waals surface area contributed by atoms with Crippen molar-refractivity contribution in [2.75, 3.05) is 13.7 Å². The highest BCUT2D eigenvalue weighted by Gasteiger charge is 2.52. The first-order valence-corrected chi connectivity index (χ1v) is 23.3. The first-order valence-electron chi connectivity index (χ1n) is 17.5. The van der Waals surface area contributed by atoms with Crippen LogP contribution < -0.4 is 4.74 Å². The van der Waals surface area contributed by atoms with Crippen LogP contribution in [0.15, 0.2) is 89.9 Å². The maximum Gasteiger partial charge on any atom is 0.195 e. The third-order valence-electron chi connectivity index (χ3n) is 10.3. The zero-order valence-electron chi connectivity index (χ0n) is 31.6. The highest BCUT2D eigenvalue weighted by atomic mass is 28.4. The minimum Gasteiger partial charge on any atom is -0.497 e. The molecule has 1 saturated heterocycles. The summed E-state index contributed by atoms with van der Waals surface area (Å²) < 4.78 is 40.1. The van der Waals surface area contributed by atoms with E-state index in [1.165, 1.54) is 0 Å². The summed E-state index contributed by atoms with van der Waals surface area (Å²) in [5, 5.41) is -0.0116. The van der Waals surface area contributed by atoms with Gasteiger partial charge in [-0.15, -0.1) is 0 Å². The van der Waals surface area contributed by atoms with Gasteiger partial charge in [-0.3, -0.25) is 4.99 Å². The Kier molecular flexibility index (Phi) is 13.3. The number of hydrogen-bond acceptors (Lipinski definition) is 7. The summed E-state index contributed by atoms with van der Waals surface area (Å²) in [5.41, 5.74) is 3.09. The molecule has 4 rings (SSSR count). The lowest BCUT2D eigenvalue weighted by molar-refractivity contribution is -0.264. The zero-order valence-corrected chi connectivity index (χ0v) is 33.6. The van der Waals surface area contributed by atoms with Crippen molar-refractivity contribution in [3.8, 4) is 5.75 Å². The van der Waals surface area contributed by atoms with Crippen LogP contribution in [0.3, 0.4) is 0 Å². The maximum atomic E-state index is 7.11. The van der Waals surface area contributed by atoms with E-state index in [-0.39, 0.29) is 10.1 Å². The molecule has 1 unspecified atom stereocenters. The van der Waals surface area contributed by atoms with Gasteiger partial charge in [-0.2, -0.15) is 0 Å². The van der Waals surface area contributed by atoms with Crippen molar-refractivity contribution in [2.45, 2.75) is 122 Å². The predicted octanol–water partition coefficient (Wildman–Crippen LogP) is 9.42. The molecule has 3 aromatic rings. The van der Waals surface area contributed by atoms with E-state index < -0.39 is 47.3 Å². The largest absolute Gasteiger partial charge is 0.497 e. The molecule has 0 spiro atoms. The third kappa shape index (κ3) is 10.7. The van der Waals surface area contributed by atoms with Gasteiger partial charge in [0.05, 0.1) is 26.9 Å². The standard InChI is InChI=1S/C40H59NO6Si2/c1-39(2,3)48(8,9)45-29-34-36(43-27-31-18-14-12-15-19-31)37(44-28-32-20-16-13-17-21-32)35(38(46-34)47-49(10,11)40(4,5)6)41-26-30-22-24-33(42-7)25-23-30/h12-26,34-38H,27-29H2,1-11H3/t34-,35-,36+,37-,38?/m1/s1. The van der Waals surface area contributed by atoms with Gasteiger partial charge in [0.1, 0.15) is 30.1 Å². The summed E-state index contributed by atoms with van der Waals surface area (Å²) in [6, 6.07) is 27.8. The smallest absolute Gasteiger partial charge is 0.195 e. The number of hydrogen-bond donors (Lipinski definition) is 0. The second kappa shape index (κ2) is 16.6. The summed E-state index contributed by atoms with van der Waals surface area (Å²) in [6.07, 6.45) is -0.197. The fourth-order valence-electron chi connectivity index (χ4n) is 5.04. The monoisotopic (exact) mass is 705 g/mol. The summed E-state index contributed by atoms with van der Waals surface area (Å²) >= 11 is 0. The van der Waals surface area contributed by atoms with Crippen LogP contribution in [0.2, 0.25) is 36.3 Å². The number of rotatable bonds is 14. The van der Waals surface area contributed by atoms with Crippen LogP contribution >= 0.6 is 0 Å². The molecular weight excluding hydrogens is 647 g/mol. The molecule has 49 heavy (non-hydrogen) atoms. The lowest BCUT2D eigenvalue weighted by Crippen LogP contribution is -2.63. The summed E-state index contributed by atoms with van der Waals surface area (Å²) in [5.74, 6) is 0.792. The Morgan fingerprint density at radius 3 is 1.69 bits per heavy atom. The molecular formula is C40H59NO6Si2. The Labute approximate surface area is 297 Å². The molecule has 5 atom stereocenters. The highest BCUT2D eigenvalue weighted by Crippen LogP contribution is 2.41. The molecule has 9 heteroatoms. The second-order valence-corrected chi connectivity index (χ2v) is 25.6. The van der Waals surface area contributed by atoms with E-state index in [2.05, 4.69) is 92.0 Å². The molecule has 0 radical (unpaired) electrons. The van der Waals surface area contributed by atoms with Gasteiger partial charge in [0.25, 0.3) is 0 Å². The molecule has 1 fully saturated rings. The van der Waals surface area contributed by atoms with Crippen molar-refractivity contribution in [3.63, 3.8) is 0 Å². The van der Waals surface area contributed by atoms with Gasteiger partial charge < -0.3 is 27.8 Å². The molecule has 0 aromatic heterocycles. The molecule has 0 saturated carbocycles. The Morgan fingerprint density at radius 2 is 1.20 bits per heavy atom. The third-order valence-corrected chi connectivity index (χ3v) is 19.3. The molecule has 0 N–H and O–H groups in total. The van der Waals surface area contributed by atoms with Gasteiger partial charge in [0.2, 0.25) is 0 Å². The van der Waals surface area contributed by atoms with Gasteiger partial charge in [-0.05, 0) is 77.2 Å². The van der Waals surface area contributed by atoms with E-state index in [0.717, 1.165) is 22.4 Å². The average Bonchev–Trinajstić information content (AvgIpc) is 3.05. The van der Waals surface area contributed by atoms with Crippen LogP contribution in [-0.2, 0) is 36.3 Å². The van der Waals surface area contributed by atoms with E-state index in [1.54, 1.807) is 7.11 Å². The molecule has 7 nitrogen and oxygen atoms in total. The van der Waals surface area contributed by atoms with E-state index in [9.17, 15) is 0 Å². The Balaban J connectivity index is 1.79. The number of methoxy groups -OCH3 is 1. The molecule has 3 aromatic carbocycles. The molecule has 1 aliphatic rings. The van der Waals surface area contributed by atoms with Gasteiger partial charge >= 0.3 is 0 Å². The fraction of sp³-hybridized carbons (Fsp3) is 0.525. The van der Waals surface area contributed by atoms with Crippen molar-refractivity contribution in [2.24, 2.45) is 4.99 Å². The first-order chi connectivity index (χ1) is 23.0. The minimum atomic E-state index is -2.33. The molecule has 0 bridgehead atoms. The number of ether oxygens (including phenoxy) is 4. The Morgan fingerprint density at radius 1 is 0.694 bits per heavy atom. The predicted molar refractivity (Wildman–Crippen MR) is 205 cm³/mol. The van der Waals surface area contributed by atoms with Gasteiger partial charge in [-0.1, -0.05) is 102 Å². The number of nitrogens with zero attached hydrogens (tertiary/aromatic N) is 1. The van der Waals surface area contributed by atoms with Crippen LogP contribution in [0.25, 0.3) is 0 Å². The van der Waals surface area contributed by atoms with Gasteiger partial charge in [-0.25, -0.2) is 0 Å². The van der Waals surface area contributed by atoms with Crippen molar-refractivity contribution < 1.29 is 27.8 Å². The van der Waals surface area contributed by atoms with E-state index in [1.807, 2.05) is 66.9 Å².